The number of halogens is 6. The Balaban J connectivity index is 1.88. The fraction of sp³-hybridized carbons (Fsp3) is 0.214. The molecule has 6 nitrogen and oxygen atoms in total. The first-order valence-corrected chi connectivity index (χ1v) is 12.1. The number of fused-ring (bicyclic) bond motifs is 1. The van der Waals surface area contributed by atoms with Gasteiger partial charge >= 0.3 is 6.18 Å². The van der Waals surface area contributed by atoms with Crippen molar-refractivity contribution in [1.29, 1.82) is 5.26 Å². The molecule has 0 bridgehead atoms. The van der Waals surface area contributed by atoms with Crippen molar-refractivity contribution in [3.05, 3.63) is 104 Å². The molecule has 2 unspecified atom stereocenters. The lowest BCUT2D eigenvalue weighted by molar-refractivity contribution is -0.137. The highest BCUT2D eigenvalue weighted by Crippen LogP contribution is 2.38. The van der Waals surface area contributed by atoms with E-state index < -0.39 is 58.2 Å². The molecule has 1 amide bonds. The summed E-state index contributed by atoms with van der Waals surface area (Å²) >= 11 is 6.15. The lowest BCUT2D eigenvalue weighted by Crippen LogP contribution is -2.37. The van der Waals surface area contributed by atoms with Crippen LogP contribution in [0.25, 0.3) is 0 Å². The molecule has 2 atom stereocenters. The number of benzene rings is 2. The van der Waals surface area contributed by atoms with E-state index in [0.717, 1.165) is 23.8 Å². The fourth-order valence-corrected chi connectivity index (χ4v) is 4.88. The first kappa shape index (κ1) is 28.7. The number of ketones is 1. The largest absolute Gasteiger partial charge is 0.416 e. The van der Waals surface area contributed by atoms with Gasteiger partial charge in [-0.05, 0) is 56.3 Å². The summed E-state index contributed by atoms with van der Waals surface area (Å²) in [5, 5.41) is 18.4. The first-order valence-electron chi connectivity index (χ1n) is 11.8. The van der Waals surface area contributed by atoms with Gasteiger partial charge in [0.15, 0.2) is 5.78 Å². The summed E-state index contributed by atoms with van der Waals surface area (Å²) < 4.78 is 67.9. The minimum Gasteiger partial charge on any atom is -0.322 e. The van der Waals surface area contributed by atoms with Gasteiger partial charge in [-0.15, -0.1) is 0 Å². The highest BCUT2D eigenvalue weighted by Gasteiger charge is 2.43. The number of likely N-dealkylation sites (N-methyl/N-ethyl adjacent to an activating group) is 1. The Morgan fingerprint density at radius 1 is 1.15 bits per heavy atom. The summed E-state index contributed by atoms with van der Waals surface area (Å²) in [4.78, 5) is 26.9. The van der Waals surface area contributed by atoms with Crippen LogP contribution in [0.4, 0.5) is 22.0 Å². The van der Waals surface area contributed by atoms with Crippen LogP contribution in [0, 0.1) is 28.9 Å². The fourth-order valence-electron chi connectivity index (χ4n) is 4.68. The lowest BCUT2D eigenvalue weighted by atomic mass is 9.79. The average Bonchev–Trinajstić information content (AvgIpc) is 3.22. The van der Waals surface area contributed by atoms with Crippen molar-refractivity contribution >= 4 is 29.0 Å². The first-order chi connectivity index (χ1) is 18.8. The number of hydrogen-bond donors (Lipinski definition) is 1. The quantitative estimate of drug-likeness (QED) is 0.261. The summed E-state index contributed by atoms with van der Waals surface area (Å²) in [6.45, 7) is 3.61. The highest BCUT2D eigenvalue weighted by atomic mass is 35.5. The molecular formula is C28H20ClF5N4O2. The molecule has 0 radical (unpaired) electrons. The second-order valence-corrected chi connectivity index (χ2v) is 9.55. The molecule has 1 aliphatic heterocycles. The predicted molar refractivity (Wildman–Crippen MR) is 137 cm³/mol. The van der Waals surface area contributed by atoms with Crippen molar-refractivity contribution in [1.82, 2.24) is 10.3 Å². The maximum absolute atomic E-state index is 14.1. The highest BCUT2D eigenvalue weighted by molar-refractivity contribution is 6.36. The van der Waals surface area contributed by atoms with Crippen molar-refractivity contribution in [2.24, 2.45) is 11.0 Å². The van der Waals surface area contributed by atoms with Gasteiger partial charge in [0.25, 0.3) is 5.91 Å². The second kappa shape index (κ2) is 10.7. The van der Waals surface area contributed by atoms with Crippen LogP contribution >= 0.6 is 11.6 Å². The van der Waals surface area contributed by atoms with E-state index in [0.29, 0.717) is 12.1 Å². The zero-order chi connectivity index (χ0) is 29.5. The molecule has 1 aliphatic carbocycles. The zero-order valence-electron chi connectivity index (χ0n) is 21.2. The van der Waals surface area contributed by atoms with E-state index >= 15 is 0 Å². The van der Waals surface area contributed by atoms with Crippen molar-refractivity contribution in [2.45, 2.75) is 26.1 Å². The molecule has 40 heavy (non-hydrogen) atoms. The Morgan fingerprint density at radius 3 is 2.48 bits per heavy atom. The van der Waals surface area contributed by atoms with Gasteiger partial charge in [0.05, 0.1) is 45.1 Å². The molecule has 206 valence electrons. The third kappa shape index (κ3) is 5.27. The van der Waals surface area contributed by atoms with Crippen LogP contribution < -0.4 is 5.32 Å². The van der Waals surface area contributed by atoms with Crippen LogP contribution in [-0.4, -0.2) is 35.5 Å². The van der Waals surface area contributed by atoms with E-state index in [9.17, 15) is 36.8 Å². The van der Waals surface area contributed by atoms with Gasteiger partial charge in [0, 0.05) is 18.2 Å². The number of amides is 1. The normalized spacial score (nSPS) is 19.1. The van der Waals surface area contributed by atoms with E-state index in [-0.39, 0.29) is 33.6 Å². The monoisotopic (exact) mass is 574 g/mol. The van der Waals surface area contributed by atoms with Gasteiger partial charge in [0.1, 0.15) is 17.7 Å². The Labute approximate surface area is 230 Å². The van der Waals surface area contributed by atoms with Gasteiger partial charge in [-0.3, -0.25) is 14.6 Å². The number of allylic oxidation sites excluding steroid dienone is 3. The Kier molecular flexibility index (Phi) is 7.67. The number of nitriles is 1. The number of nitrogens with zero attached hydrogens (tertiary/aromatic N) is 3. The molecular weight excluding hydrogens is 555 g/mol. The molecule has 2 aromatic rings. The Morgan fingerprint density at radius 2 is 1.85 bits per heavy atom. The molecule has 4 rings (SSSR count). The summed E-state index contributed by atoms with van der Waals surface area (Å²) in [5.74, 6) is -4.85. The van der Waals surface area contributed by atoms with E-state index in [2.05, 4.69) is 10.4 Å². The number of carbonyl (C=O) groups excluding carboxylic acids is 2. The van der Waals surface area contributed by atoms with Crippen molar-refractivity contribution in [2.75, 3.05) is 7.05 Å². The minimum absolute atomic E-state index is 0.142. The van der Waals surface area contributed by atoms with E-state index in [1.807, 2.05) is 19.1 Å². The topological polar surface area (TPSA) is 85.6 Å². The average molecular weight is 575 g/mol. The third-order valence-electron chi connectivity index (χ3n) is 6.61. The summed E-state index contributed by atoms with van der Waals surface area (Å²) in [6.07, 6.45) is -1.66. The Bertz CT molecular complexity index is 1600. The van der Waals surface area contributed by atoms with Crippen LogP contribution in [0.2, 0.25) is 5.02 Å². The number of alkyl halides is 3. The number of nitrogens with one attached hydrogen (secondary N) is 1. The van der Waals surface area contributed by atoms with Crippen LogP contribution in [0.5, 0.6) is 0 Å². The van der Waals surface area contributed by atoms with Crippen LogP contribution in [0.3, 0.4) is 0 Å². The SMILES string of the molecule is C/C=C(\C)C1C2C=C(NC(=O)c3cc(F)cc(C(F)(F)F)c3)C(C(=O)c3cc(F)ccc3Cl)=C(C#N)C2=NN1C. The van der Waals surface area contributed by atoms with Gasteiger partial charge in [0.2, 0.25) is 0 Å². The molecule has 0 fully saturated rings. The van der Waals surface area contributed by atoms with Crippen molar-refractivity contribution in [3.8, 4) is 6.07 Å². The van der Waals surface area contributed by atoms with E-state index in [4.69, 9.17) is 11.6 Å². The number of hydrazone groups is 1. The molecule has 0 spiro atoms. The molecule has 1 N–H and O–H groups in total. The number of carbonyl (C=O) groups is 2. The van der Waals surface area contributed by atoms with Crippen molar-refractivity contribution in [3.63, 3.8) is 0 Å². The molecule has 1 heterocycles. The molecule has 12 heteroatoms. The molecule has 2 aliphatic rings. The smallest absolute Gasteiger partial charge is 0.322 e. The van der Waals surface area contributed by atoms with Gasteiger partial charge in [-0.25, -0.2) is 8.78 Å². The second-order valence-electron chi connectivity index (χ2n) is 9.14. The summed E-state index contributed by atoms with van der Waals surface area (Å²) in [7, 11) is 1.65. The number of hydrogen-bond acceptors (Lipinski definition) is 5. The molecule has 2 aromatic carbocycles. The Hall–Kier alpha value is -4.30. The standard InChI is InChI=1S/C28H20ClF5N4O2/c1-4-13(2)25-19-11-22(36-27(40)14-7-15(28(32,33)34)9-17(31)8-14)23(20(12-35)24(19)37-38(25)3)26(39)18-10-16(30)5-6-21(18)29/h4-11,19,25H,1-3H3,(H,36,40)/b13-4+. The number of Topliss-reactive ketones (excluding diaryl/α,β-unsaturated/α-hetero) is 1. The van der Waals surface area contributed by atoms with Gasteiger partial charge in [-0.1, -0.05) is 23.3 Å². The lowest BCUT2D eigenvalue weighted by Gasteiger charge is -2.28. The van der Waals surface area contributed by atoms with E-state index in [1.165, 1.54) is 6.08 Å². The van der Waals surface area contributed by atoms with E-state index in [1.54, 1.807) is 19.0 Å². The summed E-state index contributed by atoms with van der Waals surface area (Å²) in [6, 6.07) is 5.85. The van der Waals surface area contributed by atoms with Gasteiger partial charge < -0.3 is 5.32 Å². The predicted octanol–water partition coefficient (Wildman–Crippen LogP) is 6.22. The number of rotatable bonds is 5. The molecule has 0 saturated heterocycles. The zero-order valence-corrected chi connectivity index (χ0v) is 22.0. The third-order valence-corrected chi connectivity index (χ3v) is 6.94. The molecule has 0 saturated carbocycles. The van der Waals surface area contributed by atoms with Crippen LogP contribution in [0.15, 0.2) is 76.1 Å². The minimum atomic E-state index is -4.93. The summed E-state index contributed by atoms with van der Waals surface area (Å²) in [5.41, 5.74) is -2.20. The van der Waals surface area contributed by atoms with Gasteiger partial charge in [-0.2, -0.15) is 23.5 Å². The van der Waals surface area contributed by atoms with Crippen LogP contribution in [0.1, 0.15) is 40.1 Å². The van der Waals surface area contributed by atoms with Crippen molar-refractivity contribution < 1.29 is 31.5 Å². The molecule has 0 aromatic heterocycles. The van der Waals surface area contributed by atoms with Crippen LogP contribution in [-0.2, 0) is 6.18 Å². The maximum Gasteiger partial charge on any atom is 0.416 e. The maximum atomic E-state index is 14.1.